The van der Waals surface area contributed by atoms with E-state index in [1.807, 2.05) is 19.9 Å². The number of esters is 1. The Morgan fingerprint density at radius 1 is 0.938 bits per heavy atom. The third-order valence-electron chi connectivity index (χ3n) is 16.0. The summed E-state index contributed by atoms with van der Waals surface area (Å²) in [6.45, 7) is 35.2. The van der Waals surface area contributed by atoms with Crippen LogP contribution in [0.15, 0.2) is 36.0 Å². The summed E-state index contributed by atoms with van der Waals surface area (Å²) in [4.78, 5) is 29.2. The first-order chi connectivity index (χ1) is 30.8. The molecule has 14 heteroatoms. The van der Waals surface area contributed by atoms with Gasteiger partial charge in [-0.1, -0.05) is 107 Å². The predicted molar refractivity (Wildman–Crippen MR) is 274 cm³/mol. The lowest BCUT2D eigenvalue weighted by atomic mass is 9.88. The first-order valence-electron chi connectivity index (χ1n) is 26.1. The van der Waals surface area contributed by atoms with Gasteiger partial charge in [0.05, 0.1) is 30.3 Å². The van der Waals surface area contributed by atoms with E-state index in [-0.39, 0.29) is 49.0 Å². The number of nitrogens with one attached hydrogen (secondary N) is 1. The summed E-state index contributed by atoms with van der Waals surface area (Å²) in [6, 6.07) is 9.33. The second kappa shape index (κ2) is 26.4. The molecule has 0 aliphatic carbocycles. The summed E-state index contributed by atoms with van der Waals surface area (Å²) in [7, 11) is -5.96. The molecule has 0 spiro atoms. The zero-order valence-corrected chi connectivity index (χ0v) is 46.9. The zero-order valence-electron chi connectivity index (χ0n) is 43.9. The smallest absolute Gasteiger partial charge is 0.410 e. The predicted octanol–water partition coefficient (Wildman–Crippen LogP) is 11.7. The van der Waals surface area contributed by atoms with Crippen molar-refractivity contribution in [1.82, 2.24) is 10.2 Å². The maximum absolute atomic E-state index is 14.0. The van der Waals surface area contributed by atoms with Crippen molar-refractivity contribution in [1.29, 1.82) is 0 Å². The first-order valence-corrected chi connectivity index (χ1v) is 33.7. The van der Waals surface area contributed by atoms with Gasteiger partial charge in [-0.2, -0.15) is 0 Å². The lowest BCUT2D eigenvalue weighted by Gasteiger charge is -2.39. The molecule has 376 valence electrons. The summed E-state index contributed by atoms with van der Waals surface area (Å²) >= 11 is 0. The highest BCUT2D eigenvalue weighted by Gasteiger charge is 2.51. The molecule has 3 aliphatic rings. The maximum Gasteiger partial charge on any atom is 0.410 e. The molecule has 0 aromatic carbocycles. The SMILES string of the molecule is CC[C@H](O[Si](CC)(CC)CC)[C@@H](C)[C@@H]1O[C@H]1C[C@](C)(/C=C/C=C(\C)[C@H]1OC(=O)C[C@H](O[Si](CC)(CC)CC)CC[C@@](C)(O)[C@@H](OC(=O)N2CCNCC2)/C=C\[C@@H]1C)O[Si](CC)(CC)CC. The molecule has 2 saturated heterocycles. The van der Waals surface area contributed by atoms with Crippen molar-refractivity contribution in [3.8, 4) is 0 Å². The number of epoxide rings is 1. The third-order valence-corrected chi connectivity index (χ3v) is 30.1. The van der Waals surface area contributed by atoms with Gasteiger partial charge in [-0.15, -0.1) is 0 Å². The van der Waals surface area contributed by atoms with Crippen LogP contribution in [0.1, 0.15) is 136 Å². The summed E-state index contributed by atoms with van der Waals surface area (Å²) in [5, 5.41) is 15.4. The monoisotopic (exact) mass is 965 g/mol. The number of ether oxygens (including phenoxy) is 3. The Kier molecular flexibility index (Phi) is 23.4. The van der Waals surface area contributed by atoms with E-state index in [1.165, 1.54) is 0 Å². The van der Waals surface area contributed by atoms with E-state index in [2.05, 4.69) is 107 Å². The van der Waals surface area contributed by atoms with E-state index in [9.17, 15) is 14.7 Å². The van der Waals surface area contributed by atoms with Gasteiger partial charge in [0.1, 0.15) is 11.7 Å². The van der Waals surface area contributed by atoms with Crippen LogP contribution in [0, 0.1) is 11.8 Å². The minimum Gasteiger partial charge on any atom is -0.457 e. The van der Waals surface area contributed by atoms with Gasteiger partial charge in [-0.25, -0.2) is 4.79 Å². The molecule has 2 N–H and O–H groups in total. The molecule has 3 rings (SSSR count). The number of nitrogens with zero attached hydrogens (tertiary/aromatic N) is 1. The highest BCUT2D eigenvalue weighted by molar-refractivity contribution is 6.74. The average molecular weight is 966 g/mol. The van der Waals surface area contributed by atoms with Gasteiger partial charge < -0.3 is 42.8 Å². The topological polar surface area (TPSA) is 128 Å². The average Bonchev–Trinajstić information content (AvgIpc) is 4.08. The largest absolute Gasteiger partial charge is 0.457 e. The number of aliphatic hydroxyl groups is 1. The Hall–Kier alpha value is -1.63. The number of carbonyl (C=O) groups excluding carboxylic acids is 2. The number of hydrogen-bond donors (Lipinski definition) is 2. The molecule has 10 atom stereocenters. The Bertz CT molecular complexity index is 1520. The van der Waals surface area contributed by atoms with Crippen LogP contribution in [0.3, 0.4) is 0 Å². The van der Waals surface area contributed by atoms with Crippen LogP contribution in [-0.4, -0.2) is 121 Å². The van der Waals surface area contributed by atoms with Gasteiger partial charge >= 0.3 is 12.1 Å². The number of cyclic esters (lactones) is 1. The number of piperazine rings is 1. The molecule has 3 heterocycles. The van der Waals surface area contributed by atoms with E-state index in [0.29, 0.717) is 32.6 Å². The molecule has 0 aromatic heterocycles. The number of allylic oxidation sites excluding steroid dienone is 2. The van der Waals surface area contributed by atoms with Crippen molar-refractivity contribution < 1.29 is 42.2 Å². The lowest BCUT2D eigenvalue weighted by molar-refractivity contribution is -0.151. The van der Waals surface area contributed by atoms with Gasteiger partial charge in [0.25, 0.3) is 0 Å². The molecule has 1 amide bonds. The van der Waals surface area contributed by atoms with E-state index < -0.39 is 60.6 Å². The van der Waals surface area contributed by atoms with Crippen molar-refractivity contribution >= 4 is 37.0 Å². The molecule has 0 unspecified atom stereocenters. The molecule has 65 heavy (non-hydrogen) atoms. The molecule has 0 aromatic rings. The van der Waals surface area contributed by atoms with Gasteiger partial charge in [0.2, 0.25) is 0 Å². The standard InChI is InChI=1S/C51H96N2O9Si3/c1-16-43(61-64(20-5,21-6)22-7)41(13)48-44(57-48)38-50(14,62-65(23-8,24-9)25-10)31-26-27-39(11)47-40(12)28-29-45(58-49(55)53-35-33-52-34-36-53)51(15,56)32-30-42(37-46(54)59-47)60-63(17-2,18-3)19-4/h26-29,31,40-45,47-48,52,56H,16-25,30,32-38H2,1-15H3/b29-28-,31-26+,39-27+/t40-,41+,42+,43-,44-,45-,47+,48-,50-,51+/m0/s1. The molecule has 3 aliphatic heterocycles. The summed E-state index contributed by atoms with van der Waals surface area (Å²) in [6.07, 6.45) is 10.6. The molecular weight excluding hydrogens is 869 g/mol. The third kappa shape index (κ3) is 16.2. The van der Waals surface area contributed by atoms with Crippen molar-refractivity contribution in [2.75, 3.05) is 26.2 Å². The number of carbonyl (C=O) groups is 2. The first kappa shape index (κ1) is 57.7. The van der Waals surface area contributed by atoms with E-state index >= 15 is 0 Å². The zero-order chi connectivity index (χ0) is 48.6. The number of rotatable bonds is 24. The highest BCUT2D eigenvalue weighted by Crippen LogP contribution is 2.43. The Labute approximate surface area is 400 Å². The number of amides is 1. The summed E-state index contributed by atoms with van der Waals surface area (Å²) < 4.78 is 40.5. The van der Waals surface area contributed by atoms with E-state index in [4.69, 9.17) is 27.5 Å². The van der Waals surface area contributed by atoms with Gasteiger partial charge in [0, 0.05) is 50.5 Å². The molecule has 0 radical (unpaired) electrons. The van der Waals surface area contributed by atoms with Crippen LogP contribution in [0.2, 0.25) is 54.4 Å². The fraction of sp³-hybridized carbons (Fsp3) is 0.843. The highest BCUT2D eigenvalue weighted by atomic mass is 28.4. The Morgan fingerprint density at radius 2 is 1.51 bits per heavy atom. The fourth-order valence-corrected chi connectivity index (χ4v) is 19.3. The summed E-state index contributed by atoms with van der Waals surface area (Å²) in [5.74, 6) is -0.334. The van der Waals surface area contributed by atoms with E-state index in [0.717, 1.165) is 72.8 Å². The maximum atomic E-state index is 14.0. The summed E-state index contributed by atoms with van der Waals surface area (Å²) in [5.41, 5.74) is -1.09. The number of hydrogen-bond acceptors (Lipinski definition) is 10. The second-order valence-electron chi connectivity index (χ2n) is 20.2. The Balaban J connectivity index is 2.00. The van der Waals surface area contributed by atoms with Crippen LogP contribution < -0.4 is 5.32 Å². The minimum atomic E-state index is -2.14. The van der Waals surface area contributed by atoms with Gasteiger partial charge in [-0.05, 0) is 106 Å². The quantitative estimate of drug-likeness (QED) is 0.0317. The van der Waals surface area contributed by atoms with Crippen LogP contribution in [0.5, 0.6) is 0 Å². The van der Waals surface area contributed by atoms with Crippen LogP contribution in [0.25, 0.3) is 0 Å². The molecule has 11 nitrogen and oxygen atoms in total. The molecule has 2 fully saturated rings. The van der Waals surface area contributed by atoms with E-state index in [1.54, 1.807) is 17.9 Å². The van der Waals surface area contributed by atoms with Gasteiger partial charge in [-0.3, -0.25) is 4.79 Å². The lowest BCUT2D eigenvalue weighted by Crippen LogP contribution is -2.50. The molecule has 0 saturated carbocycles. The second-order valence-corrected chi connectivity index (χ2v) is 34.4. The minimum absolute atomic E-state index is 0.0777. The van der Waals surface area contributed by atoms with Crippen molar-refractivity contribution in [2.45, 2.75) is 238 Å². The fourth-order valence-electron chi connectivity index (χ4n) is 10.3. The molecular formula is C51H96N2O9Si3. The molecule has 0 bridgehead atoms. The van der Waals surface area contributed by atoms with Crippen molar-refractivity contribution in [3.63, 3.8) is 0 Å². The van der Waals surface area contributed by atoms with Crippen molar-refractivity contribution in [2.24, 2.45) is 11.8 Å². The Morgan fingerprint density at radius 3 is 2.05 bits per heavy atom. The van der Waals surface area contributed by atoms with Crippen LogP contribution in [0.4, 0.5) is 4.79 Å². The van der Waals surface area contributed by atoms with Crippen LogP contribution >= 0.6 is 0 Å². The van der Waals surface area contributed by atoms with Crippen LogP contribution in [-0.2, 0) is 32.3 Å². The van der Waals surface area contributed by atoms with Gasteiger partial charge in [0.15, 0.2) is 31.1 Å². The van der Waals surface area contributed by atoms with Crippen molar-refractivity contribution in [3.05, 3.63) is 36.0 Å². The normalized spacial score (nSPS) is 29.0.